The Bertz CT molecular complexity index is 718. The van der Waals surface area contributed by atoms with E-state index >= 15 is 0 Å². The maximum absolute atomic E-state index is 12.6. The van der Waals surface area contributed by atoms with Crippen LogP contribution in [0.25, 0.3) is 0 Å². The second-order valence-electron chi connectivity index (χ2n) is 6.85. The van der Waals surface area contributed by atoms with E-state index in [9.17, 15) is 14.4 Å². The number of hydrogen-bond acceptors (Lipinski definition) is 4. The minimum atomic E-state index is -0.916. The Labute approximate surface area is 156 Å². The number of urea groups is 1. The normalized spacial score (nSPS) is 25.4. The average Bonchev–Trinajstić information content (AvgIpc) is 2.87. The lowest BCUT2D eigenvalue weighted by Crippen LogP contribution is -2.60. The molecule has 0 aromatic heterocycles. The second-order valence-corrected chi connectivity index (χ2v) is 7.28. The quantitative estimate of drug-likeness (QED) is 0.498. The number of methoxy groups -OCH3 is 1. The van der Waals surface area contributed by atoms with Crippen molar-refractivity contribution in [1.82, 2.24) is 16.0 Å². The lowest BCUT2D eigenvalue weighted by molar-refractivity contribution is -0.137. The third-order valence-electron chi connectivity index (χ3n) is 4.98. The Balaban J connectivity index is 1.62. The minimum Gasteiger partial charge on any atom is -0.385 e. The Hall–Kier alpha value is -2.12. The van der Waals surface area contributed by atoms with Gasteiger partial charge in [0, 0.05) is 24.7 Å². The van der Waals surface area contributed by atoms with Crippen molar-refractivity contribution in [2.24, 2.45) is 5.92 Å². The number of halogens is 1. The fourth-order valence-electron chi connectivity index (χ4n) is 3.55. The molecule has 2 fully saturated rings. The van der Waals surface area contributed by atoms with Crippen LogP contribution in [0.4, 0.5) is 4.79 Å². The van der Waals surface area contributed by atoms with Crippen molar-refractivity contribution in [2.75, 3.05) is 13.7 Å². The van der Waals surface area contributed by atoms with Crippen LogP contribution in [0.15, 0.2) is 24.3 Å². The van der Waals surface area contributed by atoms with Crippen molar-refractivity contribution in [3.05, 3.63) is 34.9 Å². The van der Waals surface area contributed by atoms with Crippen LogP contribution in [0, 0.1) is 5.92 Å². The summed E-state index contributed by atoms with van der Waals surface area (Å²) < 4.78 is 5.10. The number of carbonyl (C=O) groups excluding carboxylic acids is 3. The van der Waals surface area contributed by atoms with Gasteiger partial charge < -0.3 is 15.4 Å². The molecule has 0 unspecified atom stereocenters. The van der Waals surface area contributed by atoms with Crippen LogP contribution in [0.2, 0.25) is 5.02 Å². The molecule has 8 heteroatoms. The first kappa shape index (κ1) is 18.7. The molecule has 1 spiro atoms. The number of ether oxygens (including phenoxy) is 1. The molecule has 1 aromatic rings. The molecule has 4 amide bonds. The first-order valence-corrected chi connectivity index (χ1v) is 9.00. The molecule has 0 bridgehead atoms. The smallest absolute Gasteiger partial charge is 0.322 e. The molecule has 1 heterocycles. The van der Waals surface area contributed by atoms with Gasteiger partial charge in [0.15, 0.2) is 0 Å². The van der Waals surface area contributed by atoms with Gasteiger partial charge in [-0.15, -0.1) is 0 Å². The lowest BCUT2D eigenvalue weighted by atomic mass is 9.67. The van der Waals surface area contributed by atoms with Crippen LogP contribution in [0.3, 0.4) is 0 Å². The summed E-state index contributed by atoms with van der Waals surface area (Å²) in [6, 6.07) is 6.73. The van der Waals surface area contributed by atoms with Crippen molar-refractivity contribution in [3.8, 4) is 0 Å². The third kappa shape index (κ3) is 3.83. The van der Waals surface area contributed by atoms with Gasteiger partial charge in [0.05, 0.1) is 6.04 Å². The Morgan fingerprint density at radius 1 is 1.42 bits per heavy atom. The first-order chi connectivity index (χ1) is 12.4. The molecule has 0 radical (unpaired) electrons. The summed E-state index contributed by atoms with van der Waals surface area (Å²) in [6.45, 7) is 0.603. The minimum absolute atomic E-state index is 0.119. The Kier molecular flexibility index (Phi) is 5.48. The van der Waals surface area contributed by atoms with Crippen molar-refractivity contribution in [2.45, 2.75) is 37.3 Å². The number of carbonyl (C=O) groups is 3. The van der Waals surface area contributed by atoms with Gasteiger partial charge in [-0.2, -0.15) is 0 Å². The van der Waals surface area contributed by atoms with Crippen LogP contribution in [-0.4, -0.2) is 37.1 Å². The second kappa shape index (κ2) is 7.63. The monoisotopic (exact) mass is 379 g/mol. The van der Waals surface area contributed by atoms with E-state index in [-0.39, 0.29) is 23.8 Å². The van der Waals surface area contributed by atoms with Gasteiger partial charge in [0.1, 0.15) is 5.54 Å². The van der Waals surface area contributed by atoms with Crippen LogP contribution in [0.1, 0.15) is 37.3 Å². The van der Waals surface area contributed by atoms with Gasteiger partial charge >= 0.3 is 6.03 Å². The molecule has 1 saturated heterocycles. The molecule has 1 atom stereocenters. The highest BCUT2D eigenvalue weighted by Crippen LogP contribution is 2.40. The van der Waals surface area contributed by atoms with Crippen LogP contribution in [0.5, 0.6) is 0 Å². The highest BCUT2D eigenvalue weighted by atomic mass is 35.5. The largest absolute Gasteiger partial charge is 0.385 e. The maximum atomic E-state index is 12.6. The number of nitrogens with one attached hydrogen (secondary N) is 3. The summed E-state index contributed by atoms with van der Waals surface area (Å²) in [4.78, 5) is 35.8. The van der Waals surface area contributed by atoms with Gasteiger partial charge in [0.25, 0.3) is 5.91 Å². The first-order valence-electron chi connectivity index (χ1n) is 8.62. The van der Waals surface area contributed by atoms with E-state index in [2.05, 4.69) is 16.0 Å². The van der Waals surface area contributed by atoms with Gasteiger partial charge in [0.2, 0.25) is 5.91 Å². The van der Waals surface area contributed by atoms with E-state index in [1.54, 1.807) is 13.2 Å². The van der Waals surface area contributed by atoms with Gasteiger partial charge in [-0.1, -0.05) is 23.7 Å². The molecule has 140 valence electrons. The summed E-state index contributed by atoms with van der Waals surface area (Å²) in [6.07, 6.45) is 2.14. The highest BCUT2D eigenvalue weighted by molar-refractivity contribution is 6.30. The standard InChI is InChI=1S/C18H22ClN3O4/c1-26-7-3-6-14(11-4-2-5-13(19)8-11)20-15(23)12-9-18(10-12)16(24)21-17(25)22-18/h2,4-5,8,12,14H,3,6-7,9-10H2,1H3,(H,20,23)(H2,21,22,24,25)/t12?,14-,18?/m0/s1. The zero-order valence-corrected chi connectivity index (χ0v) is 15.3. The zero-order valence-electron chi connectivity index (χ0n) is 14.5. The molecular weight excluding hydrogens is 358 g/mol. The van der Waals surface area contributed by atoms with Crippen LogP contribution >= 0.6 is 11.6 Å². The lowest BCUT2D eigenvalue weighted by Gasteiger charge is -2.41. The van der Waals surface area contributed by atoms with Gasteiger partial charge in [-0.25, -0.2) is 4.79 Å². The van der Waals surface area contributed by atoms with Crippen molar-refractivity contribution < 1.29 is 19.1 Å². The Morgan fingerprint density at radius 3 is 2.81 bits per heavy atom. The molecule has 2 aliphatic rings. The average molecular weight is 380 g/mol. The Morgan fingerprint density at radius 2 is 2.19 bits per heavy atom. The molecule has 3 N–H and O–H groups in total. The maximum Gasteiger partial charge on any atom is 0.322 e. The van der Waals surface area contributed by atoms with Crippen LogP contribution < -0.4 is 16.0 Å². The number of hydrogen-bond donors (Lipinski definition) is 3. The molecule has 7 nitrogen and oxygen atoms in total. The van der Waals surface area contributed by atoms with Gasteiger partial charge in [-0.3, -0.25) is 14.9 Å². The van der Waals surface area contributed by atoms with Gasteiger partial charge in [-0.05, 0) is 43.4 Å². The number of imide groups is 1. The van der Waals surface area contributed by atoms with E-state index in [1.165, 1.54) is 0 Å². The molecule has 1 aliphatic carbocycles. The molecule has 3 rings (SSSR count). The predicted molar refractivity (Wildman–Crippen MR) is 95.6 cm³/mol. The van der Waals surface area contributed by atoms with E-state index in [1.807, 2.05) is 18.2 Å². The van der Waals surface area contributed by atoms with E-state index in [0.29, 0.717) is 24.5 Å². The summed E-state index contributed by atoms with van der Waals surface area (Å²) >= 11 is 6.08. The number of amides is 4. The van der Waals surface area contributed by atoms with E-state index in [4.69, 9.17) is 16.3 Å². The predicted octanol–water partition coefficient (Wildman–Crippen LogP) is 1.91. The van der Waals surface area contributed by atoms with E-state index in [0.717, 1.165) is 18.4 Å². The van der Waals surface area contributed by atoms with Crippen LogP contribution in [-0.2, 0) is 14.3 Å². The molecular formula is C18H22ClN3O4. The van der Waals surface area contributed by atoms with Crippen molar-refractivity contribution >= 4 is 29.4 Å². The number of rotatable bonds is 7. The SMILES string of the molecule is COCCC[C@H](NC(=O)C1CC2(C1)NC(=O)NC2=O)c1cccc(Cl)c1. The molecule has 1 aromatic carbocycles. The fourth-order valence-corrected chi connectivity index (χ4v) is 3.75. The fraction of sp³-hybridized carbons (Fsp3) is 0.500. The summed E-state index contributed by atoms with van der Waals surface area (Å²) in [5.74, 6) is -0.770. The molecule has 26 heavy (non-hydrogen) atoms. The summed E-state index contributed by atoms with van der Waals surface area (Å²) in [7, 11) is 1.64. The molecule has 1 aliphatic heterocycles. The topological polar surface area (TPSA) is 96.5 Å². The zero-order chi connectivity index (χ0) is 18.7. The summed E-state index contributed by atoms with van der Waals surface area (Å²) in [5, 5.41) is 8.52. The van der Waals surface area contributed by atoms with Crippen molar-refractivity contribution in [3.63, 3.8) is 0 Å². The molecule has 1 saturated carbocycles. The van der Waals surface area contributed by atoms with E-state index < -0.39 is 11.6 Å². The van der Waals surface area contributed by atoms with Crippen molar-refractivity contribution in [1.29, 1.82) is 0 Å². The third-order valence-corrected chi connectivity index (χ3v) is 5.22. The summed E-state index contributed by atoms with van der Waals surface area (Å²) in [5.41, 5.74) is 0.0173. The highest BCUT2D eigenvalue weighted by Gasteiger charge is 2.57. The number of benzene rings is 1.